The molecule has 2 atom stereocenters. The van der Waals surface area contributed by atoms with Gasteiger partial charge in [-0.05, 0) is 18.8 Å². The van der Waals surface area contributed by atoms with Crippen molar-refractivity contribution in [2.75, 3.05) is 13.1 Å². The molecule has 0 fully saturated rings. The second-order valence-electron chi connectivity index (χ2n) is 9.30. The maximum absolute atomic E-state index is 13.0. The first-order chi connectivity index (χ1) is 14.7. The van der Waals surface area contributed by atoms with Crippen molar-refractivity contribution in [3.05, 3.63) is 12.2 Å². The van der Waals surface area contributed by atoms with Crippen LogP contribution in [0.4, 0.5) is 4.79 Å². The molecule has 10 heteroatoms. The average Bonchev–Trinajstić information content (AvgIpc) is 2.98. The molecule has 1 aliphatic heterocycles. The first-order valence-corrected chi connectivity index (χ1v) is 10.7. The summed E-state index contributed by atoms with van der Waals surface area (Å²) >= 11 is 0. The first kappa shape index (κ1) is 27.0. The number of carbonyl (C=O) groups excluding carboxylic acids is 6. The molecule has 32 heavy (non-hydrogen) atoms. The standard InChI is InChI=1S/C22H34N4O6/c1-13(2)15(11-14(27)12-26-17(28)8-9-18(26)29)20(31)25-16(19(30)22(3,4)5)7-6-10-24-21(23)32/h8-9,13,15-16H,6-7,10-12H2,1-5H3,(H,25,31)(H3,23,24,32)/t15-,16-/m0/s1. The highest BCUT2D eigenvalue weighted by molar-refractivity contribution is 6.14. The predicted molar refractivity (Wildman–Crippen MR) is 117 cm³/mol. The molecule has 0 aromatic rings. The molecule has 0 aliphatic carbocycles. The van der Waals surface area contributed by atoms with Crippen LogP contribution in [-0.4, -0.2) is 59.4 Å². The molecule has 0 saturated heterocycles. The zero-order valence-electron chi connectivity index (χ0n) is 19.4. The lowest BCUT2D eigenvalue weighted by Crippen LogP contribution is -2.49. The molecule has 1 heterocycles. The van der Waals surface area contributed by atoms with Gasteiger partial charge in [-0.15, -0.1) is 0 Å². The van der Waals surface area contributed by atoms with E-state index in [2.05, 4.69) is 10.6 Å². The van der Waals surface area contributed by atoms with Crippen LogP contribution in [0.15, 0.2) is 12.2 Å². The van der Waals surface area contributed by atoms with Crippen molar-refractivity contribution in [3.63, 3.8) is 0 Å². The Kier molecular flexibility index (Phi) is 9.74. The van der Waals surface area contributed by atoms with Crippen molar-refractivity contribution in [1.29, 1.82) is 0 Å². The summed E-state index contributed by atoms with van der Waals surface area (Å²) in [4.78, 5) is 73.4. The zero-order valence-corrected chi connectivity index (χ0v) is 19.4. The fourth-order valence-electron chi connectivity index (χ4n) is 3.29. The second-order valence-corrected chi connectivity index (χ2v) is 9.30. The van der Waals surface area contributed by atoms with Crippen LogP contribution in [0.2, 0.25) is 0 Å². The van der Waals surface area contributed by atoms with E-state index in [-0.39, 0.29) is 24.7 Å². The van der Waals surface area contributed by atoms with E-state index in [9.17, 15) is 28.8 Å². The molecular weight excluding hydrogens is 416 g/mol. The van der Waals surface area contributed by atoms with E-state index in [1.165, 1.54) is 0 Å². The summed E-state index contributed by atoms with van der Waals surface area (Å²) in [6, 6.07) is -1.46. The molecule has 0 aromatic heterocycles. The van der Waals surface area contributed by atoms with Gasteiger partial charge in [-0.3, -0.25) is 28.9 Å². The summed E-state index contributed by atoms with van der Waals surface area (Å²) in [5, 5.41) is 5.21. The number of urea groups is 1. The van der Waals surface area contributed by atoms with Crippen LogP contribution in [0.5, 0.6) is 0 Å². The summed E-state index contributed by atoms with van der Waals surface area (Å²) in [6.07, 6.45) is 2.74. The van der Waals surface area contributed by atoms with Gasteiger partial charge in [-0.2, -0.15) is 0 Å². The van der Waals surface area contributed by atoms with Crippen LogP contribution >= 0.6 is 0 Å². The van der Waals surface area contributed by atoms with Crippen molar-refractivity contribution < 1.29 is 28.8 Å². The van der Waals surface area contributed by atoms with Gasteiger partial charge < -0.3 is 16.4 Å². The number of hydrogen-bond acceptors (Lipinski definition) is 6. The average molecular weight is 451 g/mol. The monoisotopic (exact) mass is 450 g/mol. The number of hydrogen-bond donors (Lipinski definition) is 3. The molecule has 5 amide bonds. The topological polar surface area (TPSA) is 156 Å². The van der Waals surface area contributed by atoms with E-state index in [1.807, 2.05) is 0 Å². The molecule has 1 rings (SSSR count). The Morgan fingerprint density at radius 1 is 1.06 bits per heavy atom. The van der Waals surface area contributed by atoms with Gasteiger partial charge in [0.25, 0.3) is 11.8 Å². The van der Waals surface area contributed by atoms with Crippen LogP contribution < -0.4 is 16.4 Å². The number of carbonyl (C=O) groups is 6. The maximum Gasteiger partial charge on any atom is 0.312 e. The van der Waals surface area contributed by atoms with Gasteiger partial charge in [0.2, 0.25) is 5.91 Å². The van der Waals surface area contributed by atoms with Crippen molar-refractivity contribution in [3.8, 4) is 0 Å². The van der Waals surface area contributed by atoms with Gasteiger partial charge >= 0.3 is 6.03 Å². The first-order valence-electron chi connectivity index (χ1n) is 10.7. The molecule has 0 radical (unpaired) electrons. The molecular formula is C22H34N4O6. The normalized spacial score (nSPS) is 15.6. The van der Waals surface area contributed by atoms with Gasteiger partial charge in [0.05, 0.1) is 12.6 Å². The lowest BCUT2D eigenvalue weighted by molar-refractivity contribution is -0.141. The quantitative estimate of drug-likeness (QED) is 0.293. The molecule has 10 nitrogen and oxygen atoms in total. The number of primary amides is 1. The summed E-state index contributed by atoms with van der Waals surface area (Å²) in [7, 11) is 0. The number of amides is 5. The molecule has 178 valence electrons. The molecule has 0 bridgehead atoms. The van der Waals surface area contributed by atoms with Crippen molar-refractivity contribution >= 4 is 35.3 Å². The van der Waals surface area contributed by atoms with Crippen molar-refractivity contribution in [2.24, 2.45) is 23.0 Å². The van der Waals surface area contributed by atoms with Crippen LogP contribution in [0.25, 0.3) is 0 Å². The Labute approximate surface area is 188 Å². The Bertz CT molecular complexity index is 779. The molecule has 1 aliphatic rings. The summed E-state index contributed by atoms with van der Waals surface area (Å²) < 4.78 is 0. The number of rotatable bonds is 12. The Morgan fingerprint density at radius 3 is 2.09 bits per heavy atom. The highest BCUT2D eigenvalue weighted by Gasteiger charge is 2.34. The third-order valence-electron chi connectivity index (χ3n) is 5.17. The van der Waals surface area contributed by atoms with Gasteiger partial charge in [0, 0.05) is 36.5 Å². The molecule has 0 unspecified atom stereocenters. The lowest BCUT2D eigenvalue weighted by Gasteiger charge is -2.28. The number of Topliss-reactive ketones (excluding diaryl/α,β-unsaturated/α-hetero) is 2. The lowest BCUT2D eigenvalue weighted by atomic mass is 9.84. The van der Waals surface area contributed by atoms with Gasteiger partial charge in [0.15, 0.2) is 11.6 Å². The number of nitrogens with one attached hydrogen (secondary N) is 2. The summed E-state index contributed by atoms with van der Waals surface area (Å²) in [5.41, 5.74) is 4.34. The predicted octanol–water partition coefficient (Wildman–Crippen LogP) is 0.691. The maximum atomic E-state index is 13.0. The number of nitrogens with zero attached hydrogens (tertiary/aromatic N) is 1. The van der Waals surface area contributed by atoms with E-state index in [0.29, 0.717) is 12.8 Å². The second kappa shape index (κ2) is 11.5. The number of ketones is 2. The third kappa shape index (κ3) is 8.24. The van der Waals surface area contributed by atoms with Gasteiger partial charge in [0.1, 0.15) is 0 Å². The van der Waals surface area contributed by atoms with Crippen molar-refractivity contribution in [2.45, 2.75) is 59.9 Å². The SMILES string of the molecule is CC(C)[C@H](CC(=O)CN1C(=O)C=CC1=O)C(=O)N[C@@H](CCCNC(N)=O)C(=O)C(C)(C)C. The fraction of sp³-hybridized carbons (Fsp3) is 0.636. The number of imide groups is 1. The third-order valence-corrected chi connectivity index (χ3v) is 5.17. The van der Waals surface area contributed by atoms with E-state index in [0.717, 1.165) is 17.1 Å². The molecule has 0 saturated carbocycles. The summed E-state index contributed by atoms with van der Waals surface area (Å²) in [6.45, 7) is 8.67. The van der Waals surface area contributed by atoms with E-state index in [1.54, 1.807) is 34.6 Å². The Morgan fingerprint density at radius 2 is 1.62 bits per heavy atom. The molecule has 4 N–H and O–H groups in total. The van der Waals surface area contributed by atoms with Gasteiger partial charge in [-0.1, -0.05) is 34.6 Å². The van der Waals surface area contributed by atoms with Crippen LogP contribution in [0.3, 0.4) is 0 Å². The molecule has 0 spiro atoms. The highest BCUT2D eigenvalue weighted by Crippen LogP contribution is 2.22. The van der Waals surface area contributed by atoms with E-state index < -0.39 is 53.5 Å². The van der Waals surface area contributed by atoms with Crippen LogP contribution in [0.1, 0.15) is 53.9 Å². The zero-order chi connectivity index (χ0) is 24.6. The van der Waals surface area contributed by atoms with Gasteiger partial charge in [-0.25, -0.2) is 4.79 Å². The largest absolute Gasteiger partial charge is 0.352 e. The highest BCUT2D eigenvalue weighted by atomic mass is 16.2. The Hall–Kier alpha value is -3.04. The van der Waals surface area contributed by atoms with E-state index >= 15 is 0 Å². The smallest absolute Gasteiger partial charge is 0.312 e. The fourth-order valence-corrected chi connectivity index (χ4v) is 3.29. The Balaban J connectivity index is 2.84. The minimum absolute atomic E-state index is 0.166. The van der Waals surface area contributed by atoms with Crippen LogP contribution in [0, 0.1) is 17.3 Å². The van der Waals surface area contributed by atoms with E-state index in [4.69, 9.17) is 5.73 Å². The molecule has 0 aromatic carbocycles. The number of nitrogens with two attached hydrogens (primary N) is 1. The minimum Gasteiger partial charge on any atom is -0.352 e. The van der Waals surface area contributed by atoms with Crippen molar-refractivity contribution in [1.82, 2.24) is 15.5 Å². The minimum atomic E-state index is -0.792. The van der Waals surface area contributed by atoms with Crippen LogP contribution in [-0.2, 0) is 24.0 Å². The summed E-state index contributed by atoms with van der Waals surface area (Å²) in [5.74, 6) is -3.11.